The summed E-state index contributed by atoms with van der Waals surface area (Å²) < 4.78 is 34.0. The molecule has 1 N–H and O–H groups in total. The van der Waals surface area contributed by atoms with Gasteiger partial charge in [-0.15, -0.1) is 0 Å². The van der Waals surface area contributed by atoms with Gasteiger partial charge in [0.05, 0.1) is 12.8 Å². The van der Waals surface area contributed by atoms with Crippen LogP contribution in [-0.2, 0) is 24.0 Å². The van der Waals surface area contributed by atoms with Gasteiger partial charge in [-0.1, -0.05) is 5.16 Å². The van der Waals surface area contributed by atoms with Gasteiger partial charge in [-0.2, -0.15) is 8.42 Å². The van der Waals surface area contributed by atoms with Crippen LogP contribution in [0.15, 0.2) is 52.6 Å². The molecule has 8 nitrogen and oxygen atoms in total. The van der Waals surface area contributed by atoms with Gasteiger partial charge < -0.3 is 10.1 Å². The maximum absolute atomic E-state index is 12.2. The van der Waals surface area contributed by atoms with Crippen molar-refractivity contribution in [1.82, 2.24) is 0 Å². The largest absolute Gasteiger partial charge is 0.495 e. The van der Waals surface area contributed by atoms with Crippen molar-refractivity contribution in [2.45, 2.75) is 11.8 Å². The molecule has 1 amide bonds. The second-order valence-electron chi connectivity index (χ2n) is 4.66. The molecule has 0 fully saturated rings. The fourth-order valence-electron chi connectivity index (χ4n) is 1.77. The van der Waals surface area contributed by atoms with Gasteiger partial charge >= 0.3 is 10.1 Å². The average molecular weight is 350 g/mol. The summed E-state index contributed by atoms with van der Waals surface area (Å²) >= 11 is 0. The molecule has 126 valence electrons. The number of amides is 1. The van der Waals surface area contributed by atoms with E-state index in [2.05, 4.69) is 14.8 Å². The number of oxime groups is 1. The molecule has 9 heteroatoms. The highest BCUT2D eigenvalue weighted by atomic mass is 32.2. The van der Waals surface area contributed by atoms with E-state index in [1.165, 1.54) is 56.5 Å². The first kappa shape index (κ1) is 17.4. The van der Waals surface area contributed by atoms with Crippen LogP contribution in [-0.4, -0.2) is 32.9 Å². The maximum atomic E-state index is 12.2. The van der Waals surface area contributed by atoms with E-state index in [0.29, 0.717) is 5.75 Å². The first-order valence-corrected chi connectivity index (χ1v) is 8.10. The summed E-state index contributed by atoms with van der Waals surface area (Å²) in [4.78, 5) is 22.0. The predicted molar refractivity (Wildman–Crippen MR) is 86.3 cm³/mol. The van der Waals surface area contributed by atoms with Crippen LogP contribution in [0.1, 0.15) is 6.92 Å². The summed E-state index contributed by atoms with van der Waals surface area (Å²) in [5, 5.41) is 5.95. The lowest BCUT2D eigenvalue weighted by molar-refractivity contribution is -0.114. The number of allylic oxidation sites excluding steroid dienone is 4. The van der Waals surface area contributed by atoms with Crippen LogP contribution >= 0.6 is 0 Å². The quantitative estimate of drug-likeness (QED) is 0.635. The summed E-state index contributed by atoms with van der Waals surface area (Å²) in [6.07, 6.45) is 5.12. The Morgan fingerprint density at radius 2 is 1.83 bits per heavy atom. The number of rotatable bonds is 5. The van der Waals surface area contributed by atoms with Gasteiger partial charge in [0, 0.05) is 6.92 Å². The molecule has 0 spiro atoms. The van der Waals surface area contributed by atoms with Gasteiger partial charge in [0.25, 0.3) is 0 Å². The van der Waals surface area contributed by atoms with Gasteiger partial charge in [0.15, 0.2) is 5.78 Å². The van der Waals surface area contributed by atoms with Crippen LogP contribution < -0.4 is 10.1 Å². The van der Waals surface area contributed by atoms with Crippen molar-refractivity contribution in [1.29, 1.82) is 0 Å². The van der Waals surface area contributed by atoms with E-state index in [4.69, 9.17) is 4.74 Å². The number of methoxy groups -OCH3 is 1. The lowest BCUT2D eigenvalue weighted by Crippen LogP contribution is -2.10. The zero-order valence-electron chi connectivity index (χ0n) is 12.8. The minimum absolute atomic E-state index is 0.175. The Kier molecular flexibility index (Phi) is 5.14. The number of hydrogen-bond acceptors (Lipinski definition) is 7. The Bertz CT molecular complexity index is 850. The third kappa shape index (κ3) is 4.29. The molecule has 1 aromatic rings. The fourth-order valence-corrected chi connectivity index (χ4v) is 2.54. The van der Waals surface area contributed by atoms with Gasteiger partial charge in [-0.25, -0.2) is 0 Å². The number of nitrogens with one attached hydrogen (secondary N) is 1. The molecule has 1 aliphatic carbocycles. The van der Waals surface area contributed by atoms with Gasteiger partial charge in [-0.3, -0.25) is 13.9 Å². The molecule has 0 saturated carbocycles. The summed E-state index contributed by atoms with van der Waals surface area (Å²) in [5.74, 6) is -0.315. The summed E-state index contributed by atoms with van der Waals surface area (Å²) in [5.41, 5.74) is 0.360. The lowest BCUT2D eigenvalue weighted by Gasteiger charge is -2.10. The zero-order valence-corrected chi connectivity index (χ0v) is 13.7. The third-order valence-corrected chi connectivity index (χ3v) is 3.95. The van der Waals surface area contributed by atoms with Crippen molar-refractivity contribution in [3.05, 3.63) is 42.5 Å². The highest BCUT2D eigenvalue weighted by Crippen LogP contribution is 2.28. The van der Waals surface area contributed by atoms with Crippen LogP contribution in [0.4, 0.5) is 5.69 Å². The molecular weight excluding hydrogens is 336 g/mol. The van der Waals surface area contributed by atoms with E-state index in [1.807, 2.05) is 0 Å². The molecule has 24 heavy (non-hydrogen) atoms. The number of nitrogens with zero attached hydrogens (tertiary/aromatic N) is 1. The van der Waals surface area contributed by atoms with Crippen molar-refractivity contribution in [2.75, 3.05) is 12.4 Å². The minimum Gasteiger partial charge on any atom is -0.495 e. The molecule has 1 aromatic carbocycles. The van der Waals surface area contributed by atoms with E-state index < -0.39 is 10.1 Å². The predicted octanol–water partition coefficient (Wildman–Crippen LogP) is 1.41. The van der Waals surface area contributed by atoms with Crippen LogP contribution in [0.3, 0.4) is 0 Å². The van der Waals surface area contributed by atoms with E-state index in [0.717, 1.165) is 0 Å². The standard InChI is InChI=1S/C15H14N2O6S/c1-10(18)16-14-9-13(7-8-15(14)22-2)24(20,21)23-17-11-3-5-12(19)6-4-11/h3-9H,1-2H3,(H,16,18). The number of carbonyl (C=O) groups excluding carboxylic acids is 2. The molecule has 1 aliphatic rings. The smallest absolute Gasteiger partial charge is 0.358 e. The minimum atomic E-state index is -4.20. The van der Waals surface area contributed by atoms with Crippen molar-refractivity contribution in [3.8, 4) is 5.75 Å². The molecular formula is C15H14N2O6S. The highest BCUT2D eigenvalue weighted by Gasteiger charge is 2.19. The van der Waals surface area contributed by atoms with E-state index in [-0.39, 0.29) is 28.0 Å². The Labute approximate surface area is 138 Å². The number of benzene rings is 1. The normalized spacial score (nSPS) is 13.6. The molecule has 2 rings (SSSR count). The molecule has 0 radical (unpaired) electrons. The number of anilines is 1. The second-order valence-corrected chi connectivity index (χ2v) is 6.19. The third-order valence-electron chi connectivity index (χ3n) is 2.85. The Hall–Kier alpha value is -2.94. The van der Waals surface area contributed by atoms with Gasteiger partial charge in [-0.05, 0) is 42.5 Å². The summed E-state index contributed by atoms with van der Waals surface area (Å²) in [6.45, 7) is 1.28. The van der Waals surface area contributed by atoms with Gasteiger partial charge in [0.2, 0.25) is 5.91 Å². The Morgan fingerprint density at radius 3 is 2.42 bits per heavy atom. The lowest BCUT2D eigenvalue weighted by atomic mass is 10.2. The van der Waals surface area contributed by atoms with Crippen LogP contribution in [0.25, 0.3) is 0 Å². The van der Waals surface area contributed by atoms with Gasteiger partial charge in [0.1, 0.15) is 16.4 Å². The van der Waals surface area contributed by atoms with Crippen LogP contribution in [0.2, 0.25) is 0 Å². The van der Waals surface area contributed by atoms with Crippen LogP contribution in [0, 0.1) is 0 Å². The van der Waals surface area contributed by atoms with E-state index in [1.54, 1.807) is 0 Å². The number of carbonyl (C=O) groups is 2. The number of ether oxygens (including phenoxy) is 1. The monoisotopic (exact) mass is 350 g/mol. The fraction of sp³-hybridized carbons (Fsp3) is 0.133. The Morgan fingerprint density at radius 1 is 1.17 bits per heavy atom. The summed E-state index contributed by atoms with van der Waals surface area (Å²) in [6, 6.07) is 3.84. The molecule has 0 unspecified atom stereocenters. The molecule has 0 aliphatic heterocycles. The zero-order chi connectivity index (χ0) is 17.7. The number of ketones is 1. The second kappa shape index (κ2) is 7.09. The molecule has 0 saturated heterocycles. The molecule has 0 aromatic heterocycles. The number of hydrogen-bond donors (Lipinski definition) is 1. The van der Waals surface area contributed by atoms with Crippen molar-refractivity contribution < 1.29 is 27.0 Å². The SMILES string of the molecule is COc1ccc(S(=O)(=O)ON=C2C=CC(=O)C=C2)cc1NC(C)=O. The Balaban J connectivity index is 2.27. The highest BCUT2D eigenvalue weighted by molar-refractivity contribution is 7.86. The van der Waals surface area contributed by atoms with Crippen molar-refractivity contribution in [3.63, 3.8) is 0 Å². The van der Waals surface area contributed by atoms with Crippen LogP contribution in [0.5, 0.6) is 5.75 Å². The molecule has 0 heterocycles. The molecule has 0 bridgehead atoms. The molecule has 0 atom stereocenters. The van der Waals surface area contributed by atoms with Crippen molar-refractivity contribution >= 4 is 33.2 Å². The first-order valence-electron chi connectivity index (χ1n) is 6.69. The topological polar surface area (TPSA) is 111 Å². The van der Waals surface area contributed by atoms with E-state index in [9.17, 15) is 18.0 Å². The first-order chi connectivity index (χ1) is 11.3. The average Bonchev–Trinajstić information content (AvgIpc) is 2.54. The maximum Gasteiger partial charge on any atom is 0.358 e. The van der Waals surface area contributed by atoms with E-state index >= 15 is 0 Å². The summed E-state index contributed by atoms with van der Waals surface area (Å²) in [7, 11) is -2.81. The van der Waals surface area contributed by atoms with Crippen molar-refractivity contribution in [2.24, 2.45) is 5.16 Å².